The van der Waals surface area contributed by atoms with Gasteiger partial charge < -0.3 is 10.6 Å². The number of halogens is 1. The van der Waals surface area contributed by atoms with Crippen molar-refractivity contribution < 1.29 is 0 Å². The maximum Gasteiger partial charge on any atom is 0.191 e. The van der Waals surface area contributed by atoms with Crippen LogP contribution in [0.4, 0.5) is 0 Å². The second-order valence-corrected chi connectivity index (χ2v) is 6.16. The molecule has 1 saturated heterocycles. The van der Waals surface area contributed by atoms with E-state index in [0.29, 0.717) is 0 Å². The number of nitrogens with zero attached hydrogens (tertiary/aromatic N) is 2. The zero-order valence-corrected chi connectivity index (χ0v) is 17.0. The molecule has 1 aromatic carbocycles. The molecule has 2 N–H and O–H groups in total. The fraction of sp³-hybridized carbons (Fsp3) is 0.611. The van der Waals surface area contributed by atoms with Gasteiger partial charge in [0.25, 0.3) is 0 Å². The number of aryl methyl sites for hydroxylation is 1. The Morgan fingerprint density at radius 2 is 2.04 bits per heavy atom. The van der Waals surface area contributed by atoms with Gasteiger partial charge in [0.15, 0.2) is 5.96 Å². The van der Waals surface area contributed by atoms with E-state index in [0.717, 1.165) is 31.6 Å². The van der Waals surface area contributed by atoms with Gasteiger partial charge in [-0.2, -0.15) is 0 Å². The fourth-order valence-corrected chi connectivity index (χ4v) is 3.02. The molecule has 5 heteroatoms. The van der Waals surface area contributed by atoms with Gasteiger partial charge in [0.1, 0.15) is 0 Å². The zero-order valence-electron chi connectivity index (χ0n) is 14.6. The van der Waals surface area contributed by atoms with Crippen molar-refractivity contribution in [1.82, 2.24) is 15.5 Å². The third-order valence-electron chi connectivity index (χ3n) is 4.56. The smallest absolute Gasteiger partial charge is 0.191 e. The van der Waals surface area contributed by atoms with Crippen molar-refractivity contribution in [3.8, 4) is 0 Å². The van der Waals surface area contributed by atoms with Crippen LogP contribution < -0.4 is 10.6 Å². The molecule has 0 radical (unpaired) electrons. The lowest BCUT2D eigenvalue weighted by atomic mass is 10.0. The van der Waals surface area contributed by atoms with Gasteiger partial charge in [0, 0.05) is 32.7 Å². The molecule has 0 spiro atoms. The number of aliphatic imine (C=N–C) groups is 1. The first-order valence-electron chi connectivity index (χ1n) is 8.44. The number of nitrogens with one attached hydrogen (secondary N) is 2. The number of piperidine rings is 1. The summed E-state index contributed by atoms with van der Waals surface area (Å²) in [6, 6.07) is 9.18. The van der Waals surface area contributed by atoms with E-state index in [-0.39, 0.29) is 24.0 Å². The highest BCUT2D eigenvalue weighted by Gasteiger charge is 2.17. The maximum atomic E-state index is 4.31. The van der Waals surface area contributed by atoms with Gasteiger partial charge in [-0.1, -0.05) is 30.7 Å². The largest absolute Gasteiger partial charge is 0.355 e. The first kappa shape index (κ1) is 20.2. The van der Waals surface area contributed by atoms with Crippen molar-refractivity contribution >= 4 is 29.9 Å². The van der Waals surface area contributed by atoms with E-state index >= 15 is 0 Å². The number of hydrogen-bond acceptors (Lipinski definition) is 2. The van der Waals surface area contributed by atoms with Gasteiger partial charge in [-0.3, -0.25) is 9.89 Å². The average Bonchev–Trinajstić information content (AvgIpc) is 2.54. The average molecular weight is 430 g/mol. The Hall–Kier alpha value is -0.820. The van der Waals surface area contributed by atoms with E-state index in [1.54, 1.807) is 0 Å². The molecule has 2 rings (SSSR count). The van der Waals surface area contributed by atoms with Gasteiger partial charge in [-0.25, -0.2) is 0 Å². The molecule has 0 saturated carbocycles. The van der Waals surface area contributed by atoms with Crippen LogP contribution in [0.15, 0.2) is 29.3 Å². The van der Waals surface area contributed by atoms with Crippen molar-refractivity contribution in [3.63, 3.8) is 0 Å². The van der Waals surface area contributed by atoms with Crippen LogP contribution in [0.3, 0.4) is 0 Å². The van der Waals surface area contributed by atoms with Crippen molar-refractivity contribution in [2.75, 3.05) is 26.7 Å². The minimum atomic E-state index is 0. The minimum absolute atomic E-state index is 0. The molecule has 130 valence electrons. The summed E-state index contributed by atoms with van der Waals surface area (Å²) in [6.07, 6.45) is 4.05. The predicted octanol–water partition coefficient (Wildman–Crippen LogP) is 3.15. The first-order valence-corrected chi connectivity index (χ1v) is 8.44. The molecule has 1 aliphatic heterocycles. The van der Waals surface area contributed by atoms with Gasteiger partial charge >= 0.3 is 0 Å². The molecule has 1 heterocycles. The number of rotatable bonds is 5. The van der Waals surface area contributed by atoms with Crippen LogP contribution in [0.5, 0.6) is 0 Å². The summed E-state index contributed by atoms with van der Waals surface area (Å²) >= 11 is 0. The van der Waals surface area contributed by atoms with Gasteiger partial charge in [0.05, 0.1) is 0 Å². The molecule has 1 fully saturated rings. The third-order valence-corrected chi connectivity index (χ3v) is 4.56. The normalized spacial score (nSPS) is 19.1. The highest BCUT2D eigenvalue weighted by atomic mass is 127. The number of likely N-dealkylation sites (tertiary alicyclic amines) is 1. The van der Waals surface area contributed by atoms with Crippen molar-refractivity contribution in [2.24, 2.45) is 4.99 Å². The number of hydrogen-bond donors (Lipinski definition) is 2. The third kappa shape index (κ3) is 6.67. The summed E-state index contributed by atoms with van der Waals surface area (Å²) in [6.45, 7) is 8.56. The van der Waals surface area contributed by atoms with Gasteiger partial charge in [-0.05, 0) is 44.4 Å². The molecule has 0 bridgehead atoms. The van der Waals surface area contributed by atoms with E-state index in [1.807, 2.05) is 7.05 Å². The summed E-state index contributed by atoms with van der Waals surface area (Å²) in [5.41, 5.74) is 2.63. The van der Waals surface area contributed by atoms with Gasteiger partial charge in [0.2, 0.25) is 0 Å². The molecule has 23 heavy (non-hydrogen) atoms. The second-order valence-electron chi connectivity index (χ2n) is 6.16. The summed E-state index contributed by atoms with van der Waals surface area (Å²) in [5, 5.41) is 6.82. The number of guanidine groups is 1. The van der Waals surface area contributed by atoms with Gasteiger partial charge in [-0.15, -0.1) is 24.0 Å². The predicted molar refractivity (Wildman–Crippen MR) is 110 cm³/mol. The molecule has 1 aliphatic rings. The molecule has 0 aliphatic carbocycles. The summed E-state index contributed by atoms with van der Waals surface area (Å²) < 4.78 is 0. The molecule has 1 aromatic rings. The molecule has 1 unspecified atom stereocenters. The SMILES string of the molecule is CN=C(NCCN1CCCCC1C)NCc1ccccc1C.I. The van der Waals surface area contributed by atoms with E-state index in [1.165, 1.54) is 36.9 Å². The Morgan fingerprint density at radius 1 is 1.26 bits per heavy atom. The van der Waals surface area contributed by atoms with Crippen LogP contribution in [-0.4, -0.2) is 43.6 Å². The summed E-state index contributed by atoms with van der Waals surface area (Å²) in [7, 11) is 1.83. The van der Waals surface area contributed by atoms with Crippen LogP contribution in [0.25, 0.3) is 0 Å². The highest BCUT2D eigenvalue weighted by Crippen LogP contribution is 2.15. The van der Waals surface area contributed by atoms with Crippen LogP contribution in [0.1, 0.15) is 37.3 Å². The van der Waals surface area contributed by atoms with Crippen molar-refractivity contribution in [2.45, 2.75) is 45.7 Å². The lowest BCUT2D eigenvalue weighted by Crippen LogP contribution is -2.45. The Morgan fingerprint density at radius 3 is 2.74 bits per heavy atom. The van der Waals surface area contributed by atoms with E-state index < -0.39 is 0 Å². The molecule has 0 aromatic heterocycles. The summed E-state index contributed by atoms with van der Waals surface area (Å²) in [5.74, 6) is 0.882. The zero-order chi connectivity index (χ0) is 15.8. The van der Waals surface area contributed by atoms with Crippen molar-refractivity contribution in [3.05, 3.63) is 35.4 Å². The van der Waals surface area contributed by atoms with Crippen LogP contribution in [-0.2, 0) is 6.54 Å². The molecule has 4 nitrogen and oxygen atoms in total. The van der Waals surface area contributed by atoms with Crippen molar-refractivity contribution in [1.29, 1.82) is 0 Å². The monoisotopic (exact) mass is 430 g/mol. The summed E-state index contributed by atoms with van der Waals surface area (Å²) in [4.78, 5) is 6.88. The lowest BCUT2D eigenvalue weighted by Gasteiger charge is -2.33. The van der Waals surface area contributed by atoms with Crippen LogP contribution in [0, 0.1) is 6.92 Å². The Labute approximate surface area is 158 Å². The minimum Gasteiger partial charge on any atom is -0.355 e. The van der Waals surface area contributed by atoms with E-state index in [9.17, 15) is 0 Å². The molecule has 1 atom stereocenters. The topological polar surface area (TPSA) is 39.7 Å². The first-order chi connectivity index (χ1) is 10.7. The maximum absolute atomic E-state index is 4.31. The fourth-order valence-electron chi connectivity index (χ4n) is 3.02. The lowest BCUT2D eigenvalue weighted by molar-refractivity contribution is 0.163. The molecular formula is C18H31IN4. The molecule has 0 amide bonds. The Kier molecular flexibility index (Phi) is 9.55. The van der Waals surface area contributed by atoms with E-state index in [2.05, 4.69) is 58.6 Å². The Bertz CT molecular complexity index is 490. The van der Waals surface area contributed by atoms with Crippen LogP contribution >= 0.6 is 24.0 Å². The van der Waals surface area contributed by atoms with E-state index in [4.69, 9.17) is 0 Å². The standard InChI is InChI=1S/C18H30N4.HI/c1-15-8-4-5-10-17(15)14-21-18(19-3)20-11-13-22-12-7-6-9-16(22)2;/h4-5,8,10,16H,6-7,9,11-14H2,1-3H3,(H2,19,20,21);1H. The Balaban J connectivity index is 0.00000264. The highest BCUT2D eigenvalue weighted by molar-refractivity contribution is 14.0. The quantitative estimate of drug-likeness (QED) is 0.429. The molecular weight excluding hydrogens is 399 g/mol. The second kappa shape index (κ2) is 10.9. The number of benzene rings is 1. The van der Waals surface area contributed by atoms with Crippen LogP contribution in [0.2, 0.25) is 0 Å².